The molecule has 0 N–H and O–H groups in total. The summed E-state index contributed by atoms with van der Waals surface area (Å²) in [4.78, 5) is 19.2. The zero-order valence-corrected chi connectivity index (χ0v) is 17.2. The third-order valence-corrected chi connectivity index (χ3v) is 4.87. The van der Waals surface area contributed by atoms with E-state index in [-0.39, 0.29) is 5.56 Å². The lowest BCUT2D eigenvalue weighted by Gasteiger charge is -2.14. The number of rotatable bonds is 3. The lowest BCUT2D eigenvalue weighted by Crippen LogP contribution is -2.20. The molecule has 0 amide bonds. The van der Waals surface area contributed by atoms with Crippen LogP contribution in [0.1, 0.15) is 11.4 Å². The topological polar surface area (TPSA) is 50.5 Å². The minimum absolute atomic E-state index is 0.191. The zero-order valence-electron chi connectivity index (χ0n) is 14.0. The van der Waals surface area contributed by atoms with Gasteiger partial charge < -0.3 is 4.90 Å². The van der Waals surface area contributed by atoms with Crippen LogP contribution in [0.4, 0.5) is 5.69 Å². The van der Waals surface area contributed by atoms with E-state index >= 15 is 0 Å². The smallest absolute Gasteiger partial charge is 0.282 e. The van der Waals surface area contributed by atoms with Gasteiger partial charge in [-0.1, -0.05) is 22.0 Å². The SMILES string of the molecule is Cc1nc2ccc(Br)cc2c(=O)n1N=Cc1ccc(N(C)C)c(Br)c1. The first-order valence-corrected chi connectivity index (χ1v) is 9.15. The van der Waals surface area contributed by atoms with Gasteiger partial charge in [-0.25, -0.2) is 4.98 Å². The molecule has 1 heterocycles. The van der Waals surface area contributed by atoms with Crippen molar-refractivity contribution in [1.82, 2.24) is 9.66 Å². The summed E-state index contributed by atoms with van der Waals surface area (Å²) in [5, 5.41) is 4.87. The maximum absolute atomic E-state index is 12.7. The van der Waals surface area contributed by atoms with Crippen LogP contribution in [0.3, 0.4) is 0 Å². The standard InChI is InChI=1S/C18H16Br2N4O/c1-11-22-16-6-5-13(19)9-14(16)18(25)24(11)21-10-12-4-7-17(23(2)3)15(20)8-12/h4-10H,1-3H3. The van der Waals surface area contributed by atoms with Gasteiger partial charge in [0.2, 0.25) is 0 Å². The van der Waals surface area contributed by atoms with Gasteiger partial charge in [0.15, 0.2) is 0 Å². The van der Waals surface area contributed by atoms with Gasteiger partial charge in [-0.2, -0.15) is 9.78 Å². The fraction of sp³-hybridized carbons (Fsp3) is 0.167. The number of fused-ring (bicyclic) bond motifs is 1. The van der Waals surface area contributed by atoms with Crippen molar-refractivity contribution in [3.05, 3.63) is 67.1 Å². The van der Waals surface area contributed by atoms with E-state index < -0.39 is 0 Å². The number of hydrogen-bond donors (Lipinski definition) is 0. The van der Waals surface area contributed by atoms with Crippen LogP contribution in [0.2, 0.25) is 0 Å². The van der Waals surface area contributed by atoms with Gasteiger partial charge in [0.05, 0.1) is 22.8 Å². The first-order chi connectivity index (χ1) is 11.9. The highest BCUT2D eigenvalue weighted by molar-refractivity contribution is 9.10. The van der Waals surface area contributed by atoms with E-state index in [1.54, 1.807) is 19.2 Å². The number of benzene rings is 2. The summed E-state index contributed by atoms with van der Waals surface area (Å²) in [6.45, 7) is 1.77. The third kappa shape index (κ3) is 3.67. The van der Waals surface area contributed by atoms with E-state index in [1.165, 1.54) is 4.68 Å². The molecule has 7 heteroatoms. The molecule has 0 bridgehead atoms. The Bertz CT molecular complexity index is 1040. The maximum atomic E-state index is 12.7. The molecular formula is C18H16Br2N4O. The summed E-state index contributed by atoms with van der Waals surface area (Å²) in [7, 11) is 3.96. The molecule has 0 atom stereocenters. The molecule has 25 heavy (non-hydrogen) atoms. The minimum Gasteiger partial charge on any atom is -0.377 e. The van der Waals surface area contributed by atoms with Gasteiger partial charge in [0.25, 0.3) is 5.56 Å². The fourth-order valence-electron chi connectivity index (χ4n) is 2.49. The number of halogens is 2. The average molecular weight is 464 g/mol. The Morgan fingerprint density at radius 3 is 2.60 bits per heavy atom. The number of anilines is 1. The molecule has 3 rings (SSSR count). The Morgan fingerprint density at radius 2 is 1.92 bits per heavy atom. The molecule has 2 aromatic carbocycles. The van der Waals surface area contributed by atoms with E-state index in [4.69, 9.17) is 0 Å². The van der Waals surface area contributed by atoms with Crippen LogP contribution in [-0.2, 0) is 0 Å². The van der Waals surface area contributed by atoms with Crippen LogP contribution >= 0.6 is 31.9 Å². The molecule has 0 aliphatic heterocycles. The Kier molecular flexibility index (Phi) is 5.06. The highest BCUT2D eigenvalue weighted by Crippen LogP contribution is 2.25. The molecule has 128 valence electrons. The van der Waals surface area contributed by atoms with Crippen molar-refractivity contribution in [1.29, 1.82) is 0 Å². The van der Waals surface area contributed by atoms with Crippen molar-refractivity contribution in [2.75, 3.05) is 19.0 Å². The lowest BCUT2D eigenvalue weighted by molar-refractivity contribution is 0.771. The summed E-state index contributed by atoms with van der Waals surface area (Å²) >= 11 is 6.94. The van der Waals surface area contributed by atoms with Crippen LogP contribution in [-0.4, -0.2) is 30.0 Å². The van der Waals surface area contributed by atoms with Gasteiger partial charge in [-0.05, 0) is 58.7 Å². The molecule has 0 saturated carbocycles. The predicted octanol–water partition coefficient (Wildman–Crippen LogP) is 4.18. The van der Waals surface area contributed by atoms with Crippen LogP contribution in [0.15, 0.2) is 55.2 Å². The molecular weight excluding hydrogens is 448 g/mol. The Labute approximate surface area is 162 Å². The van der Waals surface area contributed by atoms with Crippen molar-refractivity contribution in [3.8, 4) is 0 Å². The maximum Gasteiger partial charge on any atom is 0.282 e. The van der Waals surface area contributed by atoms with Crippen molar-refractivity contribution in [3.63, 3.8) is 0 Å². The van der Waals surface area contributed by atoms with Crippen LogP contribution < -0.4 is 10.5 Å². The zero-order chi connectivity index (χ0) is 18.1. The Hall–Kier alpha value is -1.99. The Morgan fingerprint density at radius 1 is 1.16 bits per heavy atom. The highest BCUT2D eigenvalue weighted by atomic mass is 79.9. The van der Waals surface area contributed by atoms with E-state index in [9.17, 15) is 4.79 Å². The van der Waals surface area contributed by atoms with Crippen LogP contribution in [0.5, 0.6) is 0 Å². The van der Waals surface area contributed by atoms with E-state index in [2.05, 4.69) is 41.9 Å². The molecule has 0 radical (unpaired) electrons. The number of aromatic nitrogens is 2. The fourth-order valence-corrected chi connectivity index (χ4v) is 3.60. The average Bonchev–Trinajstić information content (AvgIpc) is 2.55. The van der Waals surface area contributed by atoms with Crippen molar-refractivity contribution in [2.24, 2.45) is 5.10 Å². The normalized spacial score (nSPS) is 11.4. The second-order valence-corrected chi connectivity index (χ2v) is 7.56. The molecule has 3 aromatic rings. The molecule has 0 spiro atoms. The van der Waals surface area contributed by atoms with Gasteiger partial charge in [0, 0.05) is 23.0 Å². The van der Waals surface area contributed by atoms with Crippen LogP contribution in [0.25, 0.3) is 10.9 Å². The molecule has 0 unspecified atom stereocenters. The monoisotopic (exact) mass is 462 g/mol. The van der Waals surface area contributed by atoms with Crippen molar-refractivity contribution >= 4 is 54.7 Å². The number of aryl methyl sites for hydroxylation is 1. The summed E-state index contributed by atoms with van der Waals surface area (Å²) < 4.78 is 3.12. The second kappa shape index (κ2) is 7.09. The molecule has 1 aromatic heterocycles. The first-order valence-electron chi connectivity index (χ1n) is 7.57. The van der Waals surface area contributed by atoms with Crippen molar-refractivity contribution < 1.29 is 0 Å². The summed E-state index contributed by atoms with van der Waals surface area (Å²) in [5.74, 6) is 0.542. The number of nitrogens with zero attached hydrogens (tertiary/aromatic N) is 4. The lowest BCUT2D eigenvalue weighted by atomic mass is 10.2. The molecule has 0 aliphatic rings. The van der Waals surface area contributed by atoms with Gasteiger partial charge in [-0.15, -0.1) is 0 Å². The van der Waals surface area contributed by atoms with E-state index in [0.717, 1.165) is 20.2 Å². The minimum atomic E-state index is -0.191. The molecule has 0 fully saturated rings. The van der Waals surface area contributed by atoms with Crippen LogP contribution in [0, 0.1) is 6.92 Å². The largest absolute Gasteiger partial charge is 0.377 e. The molecule has 0 aliphatic carbocycles. The van der Waals surface area contributed by atoms with E-state index in [0.29, 0.717) is 16.7 Å². The summed E-state index contributed by atoms with van der Waals surface area (Å²) in [5.41, 5.74) is 2.43. The first kappa shape index (κ1) is 17.8. The van der Waals surface area contributed by atoms with Gasteiger partial charge in [0.1, 0.15) is 5.82 Å². The van der Waals surface area contributed by atoms with Gasteiger partial charge in [-0.3, -0.25) is 4.79 Å². The van der Waals surface area contributed by atoms with Gasteiger partial charge >= 0.3 is 0 Å². The van der Waals surface area contributed by atoms with E-state index in [1.807, 2.05) is 49.3 Å². The van der Waals surface area contributed by atoms with Crippen molar-refractivity contribution in [2.45, 2.75) is 6.92 Å². The molecule has 0 saturated heterocycles. The third-order valence-electron chi connectivity index (χ3n) is 3.75. The highest BCUT2D eigenvalue weighted by Gasteiger charge is 2.08. The predicted molar refractivity (Wildman–Crippen MR) is 110 cm³/mol. The second-order valence-electron chi connectivity index (χ2n) is 5.79. The molecule has 5 nitrogen and oxygen atoms in total. The quantitative estimate of drug-likeness (QED) is 0.547. The summed E-state index contributed by atoms with van der Waals surface area (Å²) in [6, 6.07) is 11.4. The Balaban J connectivity index is 2.04. The number of hydrogen-bond acceptors (Lipinski definition) is 4. The summed E-state index contributed by atoms with van der Waals surface area (Å²) in [6.07, 6.45) is 1.66.